The quantitative estimate of drug-likeness (QED) is 0.745. The Labute approximate surface area is 111 Å². The molecule has 0 aliphatic carbocycles. The summed E-state index contributed by atoms with van der Waals surface area (Å²) in [7, 11) is 0. The number of alkyl halides is 3. The first-order valence-corrected chi connectivity index (χ1v) is 6.69. The van der Waals surface area contributed by atoms with Gasteiger partial charge in [0.05, 0.1) is 0 Å². The van der Waals surface area contributed by atoms with Crippen LogP contribution in [0.25, 0.3) is 0 Å². The molecule has 0 aromatic heterocycles. The molecule has 0 aromatic rings. The third-order valence-corrected chi connectivity index (χ3v) is 3.26. The van der Waals surface area contributed by atoms with Crippen LogP contribution in [0.2, 0.25) is 0 Å². The number of hydrogen-bond acceptors (Lipinski definition) is 3. The maximum Gasteiger partial charge on any atom is 0.397 e. The Bertz CT molecular complexity index is 276. The summed E-state index contributed by atoms with van der Waals surface area (Å²) in [5.41, 5.74) is 5.40. The third kappa shape index (κ3) is 6.77. The Kier molecular flexibility index (Phi) is 6.57. The van der Waals surface area contributed by atoms with Gasteiger partial charge in [-0.2, -0.15) is 13.2 Å². The molecule has 2 N–H and O–H groups in total. The van der Waals surface area contributed by atoms with Crippen LogP contribution in [0.1, 0.15) is 25.7 Å². The predicted molar refractivity (Wildman–Crippen MR) is 66.6 cm³/mol. The molecule has 0 bridgehead atoms. The van der Waals surface area contributed by atoms with E-state index in [1.165, 1.54) is 4.90 Å². The lowest BCUT2D eigenvalue weighted by atomic mass is 10.2. The molecule has 4 nitrogen and oxygen atoms in total. The minimum absolute atomic E-state index is 0.395. The molecular weight excluding hydrogens is 259 g/mol. The van der Waals surface area contributed by atoms with Gasteiger partial charge in [0, 0.05) is 26.2 Å². The van der Waals surface area contributed by atoms with E-state index in [0.717, 1.165) is 25.8 Å². The van der Waals surface area contributed by atoms with Crippen LogP contribution in [0.3, 0.4) is 0 Å². The molecule has 0 spiro atoms. The standard InChI is InChI=1S/C12H22F3N3O/c13-12(14,15)10-11(19)18-8-6-17(7-9-18)5-3-1-2-4-16/h1-10,16H2. The average Bonchev–Trinajstić information content (AvgIpc) is 2.33. The number of piperazine rings is 1. The summed E-state index contributed by atoms with van der Waals surface area (Å²) < 4.78 is 36.3. The van der Waals surface area contributed by atoms with Crippen molar-refractivity contribution in [2.45, 2.75) is 31.9 Å². The number of hydrogen-bond donors (Lipinski definition) is 1. The van der Waals surface area contributed by atoms with Gasteiger partial charge < -0.3 is 10.6 Å². The normalized spacial score (nSPS) is 17.8. The largest absolute Gasteiger partial charge is 0.397 e. The van der Waals surface area contributed by atoms with E-state index in [1.807, 2.05) is 0 Å². The van der Waals surface area contributed by atoms with Crippen LogP contribution in [0.4, 0.5) is 13.2 Å². The number of nitrogens with zero attached hydrogens (tertiary/aromatic N) is 2. The first kappa shape index (κ1) is 16.2. The highest BCUT2D eigenvalue weighted by Gasteiger charge is 2.34. The summed E-state index contributed by atoms with van der Waals surface area (Å²) >= 11 is 0. The van der Waals surface area contributed by atoms with Crippen molar-refractivity contribution in [3.05, 3.63) is 0 Å². The fourth-order valence-corrected chi connectivity index (χ4v) is 2.16. The fraction of sp³-hybridized carbons (Fsp3) is 0.917. The zero-order chi connectivity index (χ0) is 14.3. The van der Waals surface area contributed by atoms with Gasteiger partial charge in [-0.1, -0.05) is 6.42 Å². The molecule has 19 heavy (non-hydrogen) atoms. The maximum atomic E-state index is 12.1. The van der Waals surface area contributed by atoms with Crippen molar-refractivity contribution >= 4 is 5.91 Å². The second-order valence-corrected chi connectivity index (χ2v) is 4.86. The average molecular weight is 281 g/mol. The molecule has 0 radical (unpaired) electrons. The molecule has 1 heterocycles. The Morgan fingerprint density at radius 2 is 1.68 bits per heavy atom. The lowest BCUT2D eigenvalue weighted by Crippen LogP contribution is -2.49. The summed E-state index contributed by atoms with van der Waals surface area (Å²) in [5, 5.41) is 0. The van der Waals surface area contributed by atoms with E-state index in [1.54, 1.807) is 0 Å². The topological polar surface area (TPSA) is 49.6 Å². The van der Waals surface area contributed by atoms with Crippen LogP contribution in [0.5, 0.6) is 0 Å². The van der Waals surface area contributed by atoms with Gasteiger partial charge in [-0.3, -0.25) is 9.69 Å². The van der Waals surface area contributed by atoms with E-state index in [9.17, 15) is 18.0 Å². The number of nitrogens with two attached hydrogens (primary N) is 1. The Hall–Kier alpha value is -0.820. The van der Waals surface area contributed by atoms with E-state index < -0.39 is 18.5 Å². The first-order valence-electron chi connectivity index (χ1n) is 6.69. The first-order chi connectivity index (χ1) is 8.92. The van der Waals surface area contributed by atoms with Gasteiger partial charge in [0.1, 0.15) is 6.42 Å². The van der Waals surface area contributed by atoms with Crippen molar-refractivity contribution in [2.24, 2.45) is 5.73 Å². The lowest BCUT2D eigenvalue weighted by molar-refractivity contribution is -0.162. The van der Waals surface area contributed by atoms with E-state index in [-0.39, 0.29) is 0 Å². The van der Waals surface area contributed by atoms with Gasteiger partial charge >= 0.3 is 6.18 Å². The summed E-state index contributed by atoms with van der Waals surface area (Å²) in [6, 6.07) is 0. The molecule has 7 heteroatoms. The number of carbonyl (C=O) groups is 1. The van der Waals surface area contributed by atoms with Crippen LogP contribution < -0.4 is 5.73 Å². The Balaban J connectivity index is 2.19. The Morgan fingerprint density at radius 3 is 2.21 bits per heavy atom. The van der Waals surface area contributed by atoms with Crippen molar-refractivity contribution < 1.29 is 18.0 Å². The number of rotatable bonds is 6. The molecule has 1 aliphatic rings. The highest BCUT2D eigenvalue weighted by molar-refractivity contribution is 5.76. The molecule has 1 fully saturated rings. The second kappa shape index (κ2) is 7.69. The molecule has 0 saturated carbocycles. The summed E-state index contributed by atoms with van der Waals surface area (Å²) in [6.45, 7) is 3.73. The molecule has 1 rings (SSSR count). The van der Waals surface area contributed by atoms with Crippen molar-refractivity contribution in [3.8, 4) is 0 Å². The Morgan fingerprint density at radius 1 is 1.05 bits per heavy atom. The van der Waals surface area contributed by atoms with Crippen molar-refractivity contribution in [2.75, 3.05) is 39.3 Å². The highest BCUT2D eigenvalue weighted by atomic mass is 19.4. The minimum Gasteiger partial charge on any atom is -0.340 e. The van der Waals surface area contributed by atoms with E-state index in [0.29, 0.717) is 32.7 Å². The molecule has 1 aliphatic heterocycles. The molecular formula is C12H22F3N3O. The van der Waals surface area contributed by atoms with Gasteiger partial charge in [-0.05, 0) is 25.9 Å². The number of amides is 1. The van der Waals surface area contributed by atoms with Crippen LogP contribution in [-0.4, -0.2) is 61.2 Å². The number of unbranched alkanes of at least 4 members (excludes halogenated alkanes) is 2. The number of carbonyl (C=O) groups excluding carboxylic acids is 1. The van der Waals surface area contributed by atoms with Gasteiger partial charge in [0.15, 0.2) is 0 Å². The molecule has 0 atom stereocenters. The SMILES string of the molecule is NCCCCCN1CCN(C(=O)CC(F)(F)F)CC1. The monoisotopic (exact) mass is 281 g/mol. The smallest absolute Gasteiger partial charge is 0.340 e. The summed E-state index contributed by atoms with van der Waals surface area (Å²) in [4.78, 5) is 14.9. The van der Waals surface area contributed by atoms with E-state index in [4.69, 9.17) is 5.73 Å². The summed E-state index contributed by atoms with van der Waals surface area (Å²) in [6.07, 6.45) is -2.62. The maximum absolute atomic E-state index is 12.1. The lowest BCUT2D eigenvalue weighted by Gasteiger charge is -2.35. The van der Waals surface area contributed by atoms with Gasteiger partial charge in [0.2, 0.25) is 5.91 Å². The third-order valence-electron chi connectivity index (χ3n) is 3.26. The second-order valence-electron chi connectivity index (χ2n) is 4.86. The van der Waals surface area contributed by atoms with Crippen molar-refractivity contribution in [3.63, 3.8) is 0 Å². The highest BCUT2D eigenvalue weighted by Crippen LogP contribution is 2.21. The van der Waals surface area contributed by atoms with Crippen molar-refractivity contribution in [1.82, 2.24) is 9.80 Å². The molecule has 0 unspecified atom stereocenters. The summed E-state index contributed by atoms with van der Waals surface area (Å²) in [5.74, 6) is -0.810. The van der Waals surface area contributed by atoms with Crippen molar-refractivity contribution in [1.29, 1.82) is 0 Å². The van der Waals surface area contributed by atoms with Gasteiger partial charge in [-0.25, -0.2) is 0 Å². The zero-order valence-corrected chi connectivity index (χ0v) is 11.1. The van der Waals surface area contributed by atoms with E-state index >= 15 is 0 Å². The molecule has 1 saturated heterocycles. The molecule has 1 amide bonds. The molecule has 112 valence electrons. The van der Waals surface area contributed by atoms with Crippen LogP contribution >= 0.6 is 0 Å². The van der Waals surface area contributed by atoms with Gasteiger partial charge in [0.25, 0.3) is 0 Å². The predicted octanol–water partition coefficient (Wildman–Crippen LogP) is 1.21. The van der Waals surface area contributed by atoms with E-state index in [2.05, 4.69) is 4.90 Å². The van der Waals surface area contributed by atoms with Crippen LogP contribution in [0.15, 0.2) is 0 Å². The molecule has 0 aromatic carbocycles. The van der Waals surface area contributed by atoms with Crippen LogP contribution in [0, 0.1) is 0 Å². The van der Waals surface area contributed by atoms with Crippen LogP contribution in [-0.2, 0) is 4.79 Å². The fourth-order valence-electron chi connectivity index (χ4n) is 2.16. The minimum atomic E-state index is -4.41. The van der Waals surface area contributed by atoms with Gasteiger partial charge in [-0.15, -0.1) is 0 Å². The number of halogens is 3. The zero-order valence-electron chi connectivity index (χ0n) is 11.1.